The Hall–Kier alpha value is -0.570. The number of nitrogens with two attached hydrogens (primary N) is 1. The summed E-state index contributed by atoms with van der Waals surface area (Å²) in [7, 11) is 0. The van der Waals surface area contributed by atoms with Crippen LogP contribution in [-0.2, 0) is 4.79 Å². The molecule has 2 rings (SSSR count). The van der Waals surface area contributed by atoms with Gasteiger partial charge in [0.1, 0.15) is 0 Å². The van der Waals surface area contributed by atoms with Crippen molar-refractivity contribution in [1.82, 2.24) is 0 Å². The van der Waals surface area contributed by atoms with Crippen LogP contribution in [0, 0.1) is 22.7 Å². The molecule has 0 aromatic heterocycles. The first-order chi connectivity index (χ1) is 6.44. The second kappa shape index (κ2) is 2.72. The molecular weight excluding hydrogens is 178 g/mol. The molecule has 2 aliphatic rings. The highest BCUT2D eigenvalue weighted by atomic mass is 16.4. The highest BCUT2D eigenvalue weighted by Gasteiger charge is 2.69. The summed E-state index contributed by atoms with van der Waals surface area (Å²) in [6, 6.07) is 0. The van der Waals surface area contributed by atoms with Gasteiger partial charge >= 0.3 is 5.97 Å². The SMILES string of the molecule is CC1(C)[C@@H]2CC[C@@](CN)(CC(=O)O)[C@@H]21. The van der Waals surface area contributed by atoms with E-state index in [4.69, 9.17) is 10.8 Å². The summed E-state index contributed by atoms with van der Waals surface area (Å²) in [6.45, 7) is 5.02. The van der Waals surface area contributed by atoms with Gasteiger partial charge in [-0.15, -0.1) is 0 Å². The van der Waals surface area contributed by atoms with Crippen molar-refractivity contribution in [3.8, 4) is 0 Å². The molecule has 2 saturated carbocycles. The van der Waals surface area contributed by atoms with Crippen molar-refractivity contribution in [2.24, 2.45) is 28.4 Å². The van der Waals surface area contributed by atoms with Crippen molar-refractivity contribution in [2.75, 3.05) is 6.54 Å². The Kier molecular flexibility index (Phi) is 1.94. The normalized spacial score (nSPS) is 43.4. The fraction of sp³-hybridized carbons (Fsp3) is 0.909. The van der Waals surface area contributed by atoms with E-state index in [1.54, 1.807) is 0 Å². The summed E-state index contributed by atoms with van der Waals surface area (Å²) in [5.41, 5.74) is 6.04. The Balaban J connectivity index is 2.18. The van der Waals surface area contributed by atoms with Crippen molar-refractivity contribution < 1.29 is 9.90 Å². The topological polar surface area (TPSA) is 63.3 Å². The fourth-order valence-electron chi connectivity index (χ4n) is 3.90. The Morgan fingerprint density at radius 2 is 2.21 bits per heavy atom. The van der Waals surface area contributed by atoms with Crippen LogP contribution in [0.3, 0.4) is 0 Å². The van der Waals surface area contributed by atoms with Crippen LogP contribution in [0.2, 0.25) is 0 Å². The van der Waals surface area contributed by atoms with E-state index < -0.39 is 5.97 Å². The monoisotopic (exact) mass is 197 g/mol. The largest absolute Gasteiger partial charge is 0.481 e. The van der Waals surface area contributed by atoms with E-state index in [9.17, 15) is 4.79 Å². The van der Waals surface area contributed by atoms with Gasteiger partial charge in [0, 0.05) is 0 Å². The third kappa shape index (κ3) is 1.11. The van der Waals surface area contributed by atoms with Crippen molar-refractivity contribution in [3.63, 3.8) is 0 Å². The van der Waals surface area contributed by atoms with Crippen LogP contribution in [-0.4, -0.2) is 17.6 Å². The zero-order valence-corrected chi connectivity index (χ0v) is 8.92. The van der Waals surface area contributed by atoms with Crippen molar-refractivity contribution in [1.29, 1.82) is 0 Å². The summed E-state index contributed by atoms with van der Waals surface area (Å²) < 4.78 is 0. The van der Waals surface area contributed by atoms with E-state index >= 15 is 0 Å². The third-order valence-corrected chi connectivity index (χ3v) is 4.57. The van der Waals surface area contributed by atoms with Crippen LogP contribution in [0.15, 0.2) is 0 Å². The van der Waals surface area contributed by atoms with Gasteiger partial charge in [-0.3, -0.25) is 4.79 Å². The molecule has 14 heavy (non-hydrogen) atoms. The molecule has 0 heterocycles. The predicted molar refractivity (Wildman–Crippen MR) is 53.7 cm³/mol. The molecule has 0 radical (unpaired) electrons. The van der Waals surface area contributed by atoms with Gasteiger partial charge in [0.25, 0.3) is 0 Å². The van der Waals surface area contributed by atoms with Gasteiger partial charge in [-0.05, 0) is 42.1 Å². The molecule has 0 amide bonds. The molecule has 2 fully saturated rings. The average Bonchev–Trinajstić information content (AvgIpc) is 2.48. The third-order valence-electron chi connectivity index (χ3n) is 4.57. The Morgan fingerprint density at radius 3 is 2.57 bits per heavy atom. The zero-order chi connectivity index (χ0) is 10.6. The van der Waals surface area contributed by atoms with Gasteiger partial charge in [-0.1, -0.05) is 13.8 Å². The molecule has 3 nitrogen and oxygen atoms in total. The Morgan fingerprint density at radius 1 is 1.57 bits per heavy atom. The lowest BCUT2D eigenvalue weighted by Crippen LogP contribution is -2.35. The first-order valence-electron chi connectivity index (χ1n) is 5.36. The first-order valence-corrected chi connectivity index (χ1v) is 5.36. The van der Waals surface area contributed by atoms with Gasteiger partial charge in [-0.25, -0.2) is 0 Å². The molecule has 2 aliphatic carbocycles. The van der Waals surface area contributed by atoms with Gasteiger partial charge in [0.2, 0.25) is 0 Å². The smallest absolute Gasteiger partial charge is 0.303 e. The summed E-state index contributed by atoms with van der Waals surface area (Å²) in [4.78, 5) is 10.8. The van der Waals surface area contributed by atoms with E-state index in [1.807, 2.05) is 0 Å². The van der Waals surface area contributed by atoms with Crippen LogP contribution in [0.1, 0.15) is 33.1 Å². The van der Waals surface area contributed by atoms with E-state index in [0.717, 1.165) is 12.3 Å². The molecule has 0 aromatic rings. The number of hydrogen-bond donors (Lipinski definition) is 2. The van der Waals surface area contributed by atoms with Crippen LogP contribution in [0.4, 0.5) is 0 Å². The van der Waals surface area contributed by atoms with E-state index in [2.05, 4.69) is 13.8 Å². The maximum absolute atomic E-state index is 10.8. The van der Waals surface area contributed by atoms with E-state index in [-0.39, 0.29) is 11.8 Å². The second-order valence-corrected chi connectivity index (χ2v) is 5.58. The molecule has 0 spiro atoms. The first kappa shape index (κ1) is 9.97. The lowest BCUT2D eigenvalue weighted by molar-refractivity contribution is -0.140. The number of carboxylic acid groups (broad SMARTS) is 1. The minimum Gasteiger partial charge on any atom is -0.481 e. The van der Waals surface area contributed by atoms with Crippen molar-refractivity contribution in [3.05, 3.63) is 0 Å². The summed E-state index contributed by atoms with van der Waals surface area (Å²) >= 11 is 0. The molecule has 0 aromatic carbocycles. The molecule has 0 unspecified atom stereocenters. The van der Waals surface area contributed by atoms with E-state index in [0.29, 0.717) is 17.9 Å². The zero-order valence-electron chi connectivity index (χ0n) is 8.92. The lowest BCUT2D eigenvalue weighted by atomic mass is 9.75. The molecule has 80 valence electrons. The van der Waals surface area contributed by atoms with Crippen LogP contribution in [0.25, 0.3) is 0 Å². The van der Waals surface area contributed by atoms with Gasteiger partial charge in [0.15, 0.2) is 0 Å². The number of hydrogen-bond acceptors (Lipinski definition) is 2. The summed E-state index contributed by atoms with van der Waals surface area (Å²) in [5, 5.41) is 8.92. The summed E-state index contributed by atoms with van der Waals surface area (Å²) in [5.74, 6) is 0.584. The standard InChI is InChI=1S/C11H19NO2/c1-10(2)7-3-4-11(6-12,9(7)10)5-8(13)14/h7,9H,3-6,12H2,1-2H3,(H,13,14)/t7-,9+,11+/m1/s1. The number of rotatable bonds is 3. The highest BCUT2D eigenvalue weighted by molar-refractivity contribution is 5.68. The van der Waals surface area contributed by atoms with Gasteiger partial charge in [0.05, 0.1) is 6.42 Å². The van der Waals surface area contributed by atoms with Gasteiger partial charge < -0.3 is 10.8 Å². The molecular formula is C11H19NO2. The number of fused-ring (bicyclic) bond motifs is 1. The molecule has 0 bridgehead atoms. The molecule has 3 N–H and O–H groups in total. The number of aliphatic carboxylic acids is 1. The maximum atomic E-state index is 10.8. The maximum Gasteiger partial charge on any atom is 0.303 e. The average molecular weight is 197 g/mol. The van der Waals surface area contributed by atoms with Crippen molar-refractivity contribution >= 4 is 5.97 Å². The highest BCUT2D eigenvalue weighted by Crippen LogP contribution is 2.74. The van der Waals surface area contributed by atoms with Crippen LogP contribution in [0.5, 0.6) is 0 Å². The fourth-order valence-corrected chi connectivity index (χ4v) is 3.90. The quantitative estimate of drug-likeness (QED) is 0.720. The Labute approximate surface area is 84.7 Å². The molecule has 3 atom stereocenters. The van der Waals surface area contributed by atoms with Crippen LogP contribution >= 0.6 is 0 Å². The minimum absolute atomic E-state index is 0.0972. The number of carbonyl (C=O) groups is 1. The Bertz CT molecular complexity index is 274. The molecule has 3 heteroatoms. The molecule has 0 saturated heterocycles. The van der Waals surface area contributed by atoms with Crippen molar-refractivity contribution in [2.45, 2.75) is 33.1 Å². The van der Waals surface area contributed by atoms with Gasteiger partial charge in [-0.2, -0.15) is 0 Å². The van der Waals surface area contributed by atoms with E-state index in [1.165, 1.54) is 6.42 Å². The van der Waals surface area contributed by atoms with Crippen LogP contribution < -0.4 is 5.73 Å². The summed E-state index contributed by atoms with van der Waals surface area (Å²) in [6.07, 6.45) is 2.44. The lowest BCUT2D eigenvalue weighted by Gasteiger charge is -2.31. The minimum atomic E-state index is -0.696. The predicted octanol–water partition coefficient (Wildman–Crippen LogP) is 1.47. The second-order valence-electron chi connectivity index (χ2n) is 5.58. The molecule has 0 aliphatic heterocycles. The number of carboxylic acids is 1.